The Labute approximate surface area is 98.9 Å². The van der Waals surface area contributed by atoms with Crippen molar-refractivity contribution in [3.05, 3.63) is 12.2 Å². The van der Waals surface area contributed by atoms with Crippen molar-refractivity contribution >= 4 is 5.91 Å². The maximum Gasteiger partial charge on any atom is 0.239 e. The number of carbonyl (C=O) groups is 1. The molecule has 0 aromatic carbocycles. The minimum absolute atomic E-state index is 0.0881. The van der Waals surface area contributed by atoms with Crippen molar-refractivity contribution in [2.45, 2.75) is 45.6 Å². The SMILES string of the molecule is C=C(C)CNC(C)C(=O)N1CCCCCC1. The molecule has 1 unspecified atom stereocenters. The monoisotopic (exact) mass is 224 g/mol. The first-order valence-electron chi connectivity index (χ1n) is 6.28. The molecule has 1 rings (SSSR count). The fourth-order valence-electron chi connectivity index (χ4n) is 1.98. The van der Waals surface area contributed by atoms with Gasteiger partial charge in [-0.25, -0.2) is 0 Å². The van der Waals surface area contributed by atoms with E-state index in [0.717, 1.165) is 38.0 Å². The van der Waals surface area contributed by atoms with Crippen LogP contribution in [0.3, 0.4) is 0 Å². The van der Waals surface area contributed by atoms with Gasteiger partial charge in [-0.2, -0.15) is 0 Å². The van der Waals surface area contributed by atoms with Gasteiger partial charge in [0.1, 0.15) is 0 Å². The molecule has 0 bridgehead atoms. The van der Waals surface area contributed by atoms with E-state index >= 15 is 0 Å². The van der Waals surface area contributed by atoms with Gasteiger partial charge in [-0.1, -0.05) is 25.0 Å². The molecule has 1 saturated heterocycles. The molecule has 1 fully saturated rings. The molecule has 1 heterocycles. The van der Waals surface area contributed by atoms with E-state index in [9.17, 15) is 4.79 Å². The number of hydrogen-bond donors (Lipinski definition) is 1. The molecular weight excluding hydrogens is 200 g/mol. The van der Waals surface area contributed by atoms with Crippen molar-refractivity contribution in [2.24, 2.45) is 0 Å². The van der Waals surface area contributed by atoms with Gasteiger partial charge in [-0.05, 0) is 26.7 Å². The van der Waals surface area contributed by atoms with Crippen molar-refractivity contribution in [1.29, 1.82) is 0 Å². The highest BCUT2D eigenvalue weighted by Crippen LogP contribution is 2.10. The van der Waals surface area contributed by atoms with Crippen LogP contribution in [-0.4, -0.2) is 36.5 Å². The third-order valence-electron chi connectivity index (χ3n) is 3.00. The average molecular weight is 224 g/mol. The summed E-state index contributed by atoms with van der Waals surface area (Å²) in [6, 6.07) is -0.0881. The summed E-state index contributed by atoms with van der Waals surface area (Å²) in [5.41, 5.74) is 1.07. The average Bonchev–Trinajstić information content (AvgIpc) is 2.53. The van der Waals surface area contributed by atoms with Gasteiger partial charge in [0, 0.05) is 19.6 Å². The van der Waals surface area contributed by atoms with Gasteiger partial charge in [0.25, 0.3) is 0 Å². The highest BCUT2D eigenvalue weighted by atomic mass is 16.2. The van der Waals surface area contributed by atoms with E-state index in [2.05, 4.69) is 11.9 Å². The summed E-state index contributed by atoms with van der Waals surface area (Å²) in [5, 5.41) is 3.21. The Balaban J connectivity index is 2.38. The molecule has 16 heavy (non-hydrogen) atoms. The number of hydrogen-bond acceptors (Lipinski definition) is 2. The van der Waals surface area contributed by atoms with Crippen molar-refractivity contribution in [3.63, 3.8) is 0 Å². The van der Waals surface area contributed by atoms with Crippen LogP contribution in [0.15, 0.2) is 12.2 Å². The summed E-state index contributed by atoms with van der Waals surface area (Å²) < 4.78 is 0. The normalized spacial score (nSPS) is 19.0. The van der Waals surface area contributed by atoms with E-state index in [1.165, 1.54) is 12.8 Å². The lowest BCUT2D eigenvalue weighted by atomic mass is 10.2. The number of rotatable bonds is 4. The summed E-state index contributed by atoms with van der Waals surface area (Å²) in [6.07, 6.45) is 4.83. The van der Waals surface area contributed by atoms with Crippen LogP contribution in [0, 0.1) is 0 Å². The molecule has 0 radical (unpaired) electrons. The fourth-order valence-corrected chi connectivity index (χ4v) is 1.98. The molecule has 0 aromatic heterocycles. The number of likely N-dealkylation sites (tertiary alicyclic amines) is 1. The molecule has 1 N–H and O–H groups in total. The minimum Gasteiger partial charge on any atom is -0.341 e. The molecule has 0 spiro atoms. The van der Waals surface area contributed by atoms with Gasteiger partial charge < -0.3 is 10.2 Å². The Morgan fingerprint density at radius 1 is 1.31 bits per heavy atom. The number of amides is 1. The lowest BCUT2D eigenvalue weighted by Crippen LogP contribution is -2.45. The second-order valence-electron chi connectivity index (χ2n) is 4.80. The lowest BCUT2D eigenvalue weighted by Gasteiger charge is -2.24. The van der Waals surface area contributed by atoms with E-state index in [4.69, 9.17) is 0 Å². The van der Waals surface area contributed by atoms with Crippen LogP contribution >= 0.6 is 0 Å². The minimum atomic E-state index is -0.0881. The van der Waals surface area contributed by atoms with E-state index in [-0.39, 0.29) is 11.9 Å². The fraction of sp³-hybridized carbons (Fsp3) is 0.769. The summed E-state index contributed by atoms with van der Waals surface area (Å²) in [7, 11) is 0. The molecule has 92 valence electrons. The highest BCUT2D eigenvalue weighted by molar-refractivity contribution is 5.81. The summed E-state index contributed by atoms with van der Waals surface area (Å²) in [4.78, 5) is 14.1. The zero-order valence-electron chi connectivity index (χ0n) is 10.6. The van der Waals surface area contributed by atoms with Crippen molar-refractivity contribution in [2.75, 3.05) is 19.6 Å². The van der Waals surface area contributed by atoms with Crippen molar-refractivity contribution in [3.8, 4) is 0 Å². The van der Waals surface area contributed by atoms with Crippen LogP contribution in [0.2, 0.25) is 0 Å². The smallest absolute Gasteiger partial charge is 0.239 e. The molecule has 1 aliphatic rings. The summed E-state index contributed by atoms with van der Waals surface area (Å²) in [5.74, 6) is 0.239. The molecule has 1 atom stereocenters. The van der Waals surface area contributed by atoms with Crippen LogP contribution in [-0.2, 0) is 4.79 Å². The molecule has 1 amide bonds. The molecule has 1 aliphatic heterocycles. The van der Waals surface area contributed by atoms with Crippen LogP contribution in [0.25, 0.3) is 0 Å². The third kappa shape index (κ3) is 4.35. The molecular formula is C13H24N2O. The summed E-state index contributed by atoms with van der Waals surface area (Å²) >= 11 is 0. The molecule has 0 aromatic rings. The van der Waals surface area contributed by atoms with Gasteiger partial charge >= 0.3 is 0 Å². The first-order chi connectivity index (χ1) is 7.61. The first kappa shape index (κ1) is 13.2. The Bertz CT molecular complexity index is 242. The second kappa shape index (κ2) is 6.69. The van der Waals surface area contributed by atoms with E-state index in [1.54, 1.807) is 0 Å². The number of nitrogens with one attached hydrogen (secondary N) is 1. The van der Waals surface area contributed by atoms with Gasteiger partial charge in [0.2, 0.25) is 5.91 Å². The molecule has 0 saturated carbocycles. The van der Waals surface area contributed by atoms with E-state index < -0.39 is 0 Å². The quantitative estimate of drug-likeness (QED) is 0.740. The van der Waals surface area contributed by atoms with E-state index in [1.807, 2.05) is 18.7 Å². The molecule has 3 nitrogen and oxygen atoms in total. The highest BCUT2D eigenvalue weighted by Gasteiger charge is 2.20. The van der Waals surface area contributed by atoms with Crippen molar-refractivity contribution < 1.29 is 4.79 Å². The maximum atomic E-state index is 12.1. The second-order valence-corrected chi connectivity index (χ2v) is 4.80. The molecule has 3 heteroatoms. The van der Waals surface area contributed by atoms with Gasteiger partial charge in [0.15, 0.2) is 0 Å². The number of nitrogens with zero attached hydrogens (tertiary/aromatic N) is 1. The van der Waals surface area contributed by atoms with Crippen LogP contribution in [0.4, 0.5) is 0 Å². The first-order valence-corrected chi connectivity index (χ1v) is 6.28. The Morgan fingerprint density at radius 2 is 1.88 bits per heavy atom. The Hall–Kier alpha value is -0.830. The molecule has 0 aliphatic carbocycles. The van der Waals surface area contributed by atoms with Crippen LogP contribution < -0.4 is 5.32 Å². The van der Waals surface area contributed by atoms with Gasteiger partial charge in [-0.3, -0.25) is 4.79 Å². The predicted molar refractivity (Wildman–Crippen MR) is 67.3 cm³/mol. The Morgan fingerprint density at radius 3 is 2.38 bits per heavy atom. The van der Waals surface area contributed by atoms with E-state index in [0.29, 0.717) is 0 Å². The van der Waals surface area contributed by atoms with Crippen molar-refractivity contribution in [1.82, 2.24) is 10.2 Å². The predicted octanol–water partition coefficient (Wildman–Crippen LogP) is 1.94. The zero-order chi connectivity index (χ0) is 12.0. The standard InChI is InChI=1S/C13H24N2O/c1-11(2)10-14-12(3)13(16)15-8-6-4-5-7-9-15/h12,14H,1,4-10H2,2-3H3. The van der Waals surface area contributed by atoms with Crippen LogP contribution in [0.5, 0.6) is 0 Å². The maximum absolute atomic E-state index is 12.1. The largest absolute Gasteiger partial charge is 0.341 e. The van der Waals surface area contributed by atoms with Gasteiger partial charge in [-0.15, -0.1) is 0 Å². The summed E-state index contributed by atoms with van der Waals surface area (Å²) in [6.45, 7) is 10.3. The zero-order valence-corrected chi connectivity index (χ0v) is 10.6. The lowest BCUT2D eigenvalue weighted by molar-refractivity contribution is -0.132. The Kier molecular flexibility index (Phi) is 5.53. The van der Waals surface area contributed by atoms with Crippen LogP contribution in [0.1, 0.15) is 39.5 Å². The third-order valence-corrected chi connectivity index (χ3v) is 3.00. The number of carbonyl (C=O) groups excluding carboxylic acids is 1. The van der Waals surface area contributed by atoms with Gasteiger partial charge in [0.05, 0.1) is 6.04 Å². The topological polar surface area (TPSA) is 32.3 Å².